The van der Waals surface area contributed by atoms with Crippen molar-refractivity contribution in [2.45, 2.75) is 44.8 Å². The Hall–Kier alpha value is -2.99. The van der Waals surface area contributed by atoms with Crippen LogP contribution in [0.15, 0.2) is 72.1 Å². The zero-order valence-electron chi connectivity index (χ0n) is 18.0. The molecule has 0 radical (unpaired) electrons. The minimum absolute atomic E-state index is 0.0301. The summed E-state index contributed by atoms with van der Waals surface area (Å²) < 4.78 is 13.3. The van der Waals surface area contributed by atoms with Gasteiger partial charge < -0.3 is 9.80 Å². The molecule has 0 unspecified atom stereocenters. The van der Waals surface area contributed by atoms with Crippen molar-refractivity contribution in [2.75, 3.05) is 6.54 Å². The Bertz CT molecular complexity index is 1020. The molecule has 0 atom stereocenters. The lowest BCUT2D eigenvalue weighted by Gasteiger charge is -2.28. The fourth-order valence-corrected chi connectivity index (χ4v) is 4.44. The molecule has 1 aromatic heterocycles. The van der Waals surface area contributed by atoms with Crippen LogP contribution in [-0.2, 0) is 29.1 Å². The first-order chi connectivity index (χ1) is 15.6. The molecule has 1 heterocycles. The van der Waals surface area contributed by atoms with Crippen molar-refractivity contribution in [3.63, 3.8) is 0 Å². The normalized spacial score (nSPS) is 13.0. The monoisotopic (exact) mass is 450 g/mol. The lowest BCUT2D eigenvalue weighted by molar-refractivity contribution is -0.141. The van der Waals surface area contributed by atoms with Gasteiger partial charge in [-0.1, -0.05) is 48.5 Å². The summed E-state index contributed by atoms with van der Waals surface area (Å²) in [6.07, 6.45) is 2.97. The van der Waals surface area contributed by atoms with E-state index in [2.05, 4.69) is 0 Å². The van der Waals surface area contributed by atoms with Gasteiger partial charge in [-0.25, -0.2) is 4.39 Å². The zero-order valence-corrected chi connectivity index (χ0v) is 18.8. The highest BCUT2D eigenvalue weighted by Crippen LogP contribution is 2.28. The van der Waals surface area contributed by atoms with E-state index >= 15 is 0 Å². The summed E-state index contributed by atoms with van der Waals surface area (Å²) in [5.41, 5.74) is 1.99. The van der Waals surface area contributed by atoms with Crippen LogP contribution in [0.3, 0.4) is 0 Å². The predicted molar refractivity (Wildman–Crippen MR) is 124 cm³/mol. The molecule has 32 heavy (non-hydrogen) atoms. The molecule has 0 spiro atoms. The van der Waals surface area contributed by atoms with Crippen molar-refractivity contribution < 1.29 is 14.0 Å². The van der Waals surface area contributed by atoms with Crippen molar-refractivity contribution in [1.82, 2.24) is 9.80 Å². The molecule has 4 nitrogen and oxygen atoms in total. The lowest BCUT2D eigenvalue weighted by atomic mass is 10.1. The van der Waals surface area contributed by atoms with E-state index < -0.39 is 0 Å². The smallest absolute Gasteiger partial charge is 0.242 e. The van der Waals surface area contributed by atoms with Gasteiger partial charge in [0.2, 0.25) is 11.8 Å². The molecule has 6 heteroatoms. The van der Waals surface area contributed by atoms with Crippen LogP contribution >= 0.6 is 11.3 Å². The molecule has 0 N–H and O–H groups in total. The summed E-state index contributed by atoms with van der Waals surface area (Å²) in [5, 5.41) is 1.99. The fraction of sp³-hybridized carbons (Fsp3) is 0.308. The van der Waals surface area contributed by atoms with E-state index in [4.69, 9.17) is 0 Å². The van der Waals surface area contributed by atoms with E-state index in [-0.39, 0.29) is 30.2 Å². The maximum atomic E-state index is 13.3. The molecule has 2 amide bonds. The van der Waals surface area contributed by atoms with Gasteiger partial charge in [-0.15, -0.1) is 11.3 Å². The fourth-order valence-electron chi connectivity index (χ4n) is 3.73. The Morgan fingerprint density at radius 2 is 1.62 bits per heavy atom. The van der Waals surface area contributed by atoms with E-state index in [1.165, 1.54) is 12.1 Å². The van der Waals surface area contributed by atoms with Gasteiger partial charge >= 0.3 is 0 Å². The van der Waals surface area contributed by atoms with E-state index in [0.717, 1.165) is 28.8 Å². The Balaban J connectivity index is 1.43. The minimum Gasteiger partial charge on any atom is -0.332 e. The van der Waals surface area contributed by atoms with Crippen LogP contribution in [0.25, 0.3) is 0 Å². The third-order valence-corrected chi connectivity index (χ3v) is 6.51. The second-order valence-corrected chi connectivity index (χ2v) is 9.23. The molecule has 1 fully saturated rings. The summed E-state index contributed by atoms with van der Waals surface area (Å²) >= 11 is 1.60. The van der Waals surface area contributed by atoms with Gasteiger partial charge in [-0.2, -0.15) is 0 Å². The van der Waals surface area contributed by atoms with E-state index in [9.17, 15) is 14.0 Å². The topological polar surface area (TPSA) is 40.6 Å². The van der Waals surface area contributed by atoms with Crippen LogP contribution in [0.5, 0.6) is 0 Å². The molecule has 166 valence electrons. The van der Waals surface area contributed by atoms with E-state index in [0.29, 0.717) is 25.9 Å². The molecule has 3 aromatic rings. The molecule has 0 bridgehead atoms. The highest BCUT2D eigenvalue weighted by Gasteiger charge is 2.34. The zero-order chi connectivity index (χ0) is 22.3. The van der Waals surface area contributed by atoms with E-state index in [1.807, 2.05) is 47.8 Å². The number of carbonyl (C=O) groups is 2. The first-order valence-corrected chi connectivity index (χ1v) is 11.8. The molecule has 2 aromatic carbocycles. The average Bonchev–Trinajstić information content (AvgIpc) is 3.52. The van der Waals surface area contributed by atoms with Crippen LogP contribution in [0, 0.1) is 5.82 Å². The summed E-state index contributed by atoms with van der Waals surface area (Å²) in [5.74, 6) is -0.348. The van der Waals surface area contributed by atoms with Gasteiger partial charge in [0, 0.05) is 23.9 Å². The predicted octanol–water partition coefficient (Wildman–Crippen LogP) is 5.04. The number of hydrogen-bond donors (Lipinski definition) is 0. The average molecular weight is 451 g/mol. The summed E-state index contributed by atoms with van der Waals surface area (Å²) in [4.78, 5) is 30.9. The quantitative estimate of drug-likeness (QED) is 0.434. The van der Waals surface area contributed by atoms with Gasteiger partial charge in [0.1, 0.15) is 12.4 Å². The maximum absolute atomic E-state index is 13.3. The van der Waals surface area contributed by atoms with Gasteiger partial charge in [0.05, 0.1) is 6.54 Å². The number of rotatable bonds is 10. The molecule has 1 saturated carbocycles. The maximum Gasteiger partial charge on any atom is 0.242 e. The van der Waals surface area contributed by atoms with Crippen LogP contribution in [0.1, 0.15) is 35.3 Å². The Morgan fingerprint density at radius 1 is 0.875 bits per heavy atom. The number of halogens is 1. The van der Waals surface area contributed by atoms with Crippen molar-refractivity contribution in [3.05, 3.63) is 93.9 Å². The van der Waals surface area contributed by atoms with Crippen LogP contribution in [0.2, 0.25) is 0 Å². The summed E-state index contributed by atoms with van der Waals surface area (Å²) in [6, 6.07) is 20.3. The first kappa shape index (κ1) is 22.2. The Kier molecular flexibility index (Phi) is 7.32. The van der Waals surface area contributed by atoms with Crippen LogP contribution in [-0.4, -0.2) is 34.2 Å². The van der Waals surface area contributed by atoms with Gasteiger partial charge in [-0.3, -0.25) is 9.59 Å². The third-order valence-electron chi connectivity index (χ3n) is 5.65. The Morgan fingerprint density at radius 3 is 2.28 bits per heavy atom. The van der Waals surface area contributed by atoms with Gasteiger partial charge in [-0.05, 0) is 54.0 Å². The molecule has 4 rings (SSSR count). The number of benzene rings is 2. The van der Waals surface area contributed by atoms with E-state index in [1.54, 1.807) is 33.3 Å². The summed E-state index contributed by atoms with van der Waals surface area (Å²) in [7, 11) is 0. The standard InChI is InChI=1S/C26H27FN2O2S/c27-22-11-8-21(9-12-22)17-28(18-24-7-4-16-32-24)26(31)19-29(23-13-14-23)25(30)15-10-20-5-2-1-3-6-20/h1-9,11-12,16,23H,10,13-15,17-19H2. The Labute approximate surface area is 192 Å². The third kappa shape index (κ3) is 6.26. The molecule has 0 saturated heterocycles. The highest BCUT2D eigenvalue weighted by atomic mass is 32.1. The van der Waals surface area contributed by atoms with Crippen molar-refractivity contribution in [1.29, 1.82) is 0 Å². The van der Waals surface area contributed by atoms with Gasteiger partial charge in [0.15, 0.2) is 0 Å². The number of amides is 2. The highest BCUT2D eigenvalue weighted by molar-refractivity contribution is 7.09. The second kappa shape index (κ2) is 10.6. The SMILES string of the molecule is O=C(CN(C(=O)CCc1ccccc1)C1CC1)N(Cc1ccc(F)cc1)Cc1cccs1. The summed E-state index contributed by atoms with van der Waals surface area (Å²) in [6.45, 7) is 0.948. The largest absolute Gasteiger partial charge is 0.332 e. The van der Waals surface area contributed by atoms with Crippen LogP contribution < -0.4 is 0 Å². The molecule has 1 aliphatic rings. The molecular formula is C26H27FN2O2S. The first-order valence-electron chi connectivity index (χ1n) is 11.0. The lowest BCUT2D eigenvalue weighted by Crippen LogP contribution is -2.43. The number of aryl methyl sites for hydroxylation is 1. The van der Waals surface area contributed by atoms with Gasteiger partial charge in [0.25, 0.3) is 0 Å². The van der Waals surface area contributed by atoms with Crippen molar-refractivity contribution >= 4 is 23.2 Å². The second-order valence-electron chi connectivity index (χ2n) is 8.19. The molecule has 0 aliphatic heterocycles. The molecular weight excluding hydrogens is 423 g/mol. The number of nitrogens with zero attached hydrogens (tertiary/aromatic N) is 2. The van der Waals surface area contributed by atoms with Crippen LogP contribution in [0.4, 0.5) is 4.39 Å². The number of hydrogen-bond acceptors (Lipinski definition) is 3. The minimum atomic E-state index is -0.297. The van der Waals surface area contributed by atoms with Crippen molar-refractivity contribution in [3.8, 4) is 0 Å². The molecule has 1 aliphatic carbocycles. The number of carbonyl (C=O) groups excluding carboxylic acids is 2. The number of thiophene rings is 1. The van der Waals surface area contributed by atoms with Crippen molar-refractivity contribution in [2.24, 2.45) is 0 Å².